The molecule has 2 aliphatic rings. The first-order valence-corrected chi connectivity index (χ1v) is 7.84. The molecule has 5 nitrogen and oxygen atoms in total. The summed E-state index contributed by atoms with van der Waals surface area (Å²) in [6.45, 7) is 8.10. The molecule has 120 valence electrons. The lowest BCUT2D eigenvalue weighted by Crippen LogP contribution is -2.48. The zero-order valence-electron chi connectivity index (χ0n) is 13.4. The van der Waals surface area contributed by atoms with Gasteiger partial charge in [-0.3, -0.25) is 9.59 Å². The van der Waals surface area contributed by atoms with Crippen molar-refractivity contribution in [2.24, 2.45) is 11.8 Å². The van der Waals surface area contributed by atoms with Gasteiger partial charge >= 0.3 is 5.97 Å². The predicted molar refractivity (Wildman–Crippen MR) is 78.9 cm³/mol. The fraction of sp³-hybridized carbons (Fsp3) is 0.875. The van der Waals surface area contributed by atoms with Crippen LogP contribution in [0.25, 0.3) is 0 Å². The Hall–Kier alpha value is -1.10. The van der Waals surface area contributed by atoms with Gasteiger partial charge in [-0.1, -0.05) is 0 Å². The van der Waals surface area contributed by atoms with E-state index in [0.29, 0.717) is 25.7 Å². The molecule has 1 saturated carbocycles. The third-order valence-corrected chi connectivity index (χ3v) is 4.84. The summed E-state index contributed by atoms with van der Waals surface area (Å²) in [5.41, 5.74) is -0.583. The minimum absolute atomic E-state index is 0.0113. The number of carbonyl (C=O) groups is 2. The van der Waals surface area contributed by atoms with Gasteiger partial charge in [0.25, 0.3) is 0 Å². The van der Waals surface area contributed by atoms with Crippen LogP contribution >= 0.6 is 0 Å². The van der Waals surface area contributed by atoms with Gasteiger partial charge in [0.2, 0.25) is 5.91 Å². The number of hydrogen-bond donors (Lipinski definition) is 2. The minimum Gasteiger partial charge on any atom is -0.481 e. The first kappa shape index (κ1) is 16.3. The fourth-order valence-electron chi connectivity index (χ4n) is 3.68. The average molecular weight is 297 g/mol. The topological polar surface area (TPSA) is 75.6 Å². The molecule has 1 saturated heterocycles. The zero-order chi connectivity index (χ0) is 15.8. The Morgan fingerprint density at radius 1 is 1.05 bits per heavy atom. The van der Waals surface area contributed by atoms with Crippen molar-refractivity contribution >= 4 is 11.9 Å². The maximum atomic E-state index is 12.4. The molecule has 0 aromatic rings. The number of rotatable bonds is 3. The van der Waals surface area contributed by atoms with Gasteiger partial charge in [-0.15, -0.1) is 0 Å². The predicted octanol–water partition coefficient (Wildman–Crippen LogP) is 2.34. The van der Waals surface area contributed by atoms with Crippen LogP contribution < -0.4 is 5.32 Å². The molecule has 5 heteroatoms. The molecule has 21 heavy (non-hydrogen) atoms. The van der Waals surface area contributed by atoms with Gasteiger partial charge in [0.15, 0.2) is 0 Å². The molecule has 0 bridgehead atoms. The molecule has 1 aliphatic carbocycles. The third kappa shape index (κ3) is 3.76. The number of hydrogen-bond acceptors (Lipinski definition) is 3. The molecule has 1 unspecified atom stereocenters. The van der Waals surface area contributed by atoms with Crippen molar-refractivity contribution in [3.05, 3.63) is 0 Å². The Kier molecular flexibility index (Phi) is 4.34. The van der Waals surface area contributed by atoms with E-state index >= 15 is 0 Å². The van der Waals surface area contributed by atoms with Crippen LogP contribution in [0.15, 0.2) is 0 Å². The van der Waals surface area contributed by atoms with E-state index in [1.54, 1.807) is 0 Å². The van der Waals surface area contributed by atoms with Gasteiger partial charge in [-0.05, 0) is 59.8 Å². The summed E-state index contributed by atoms with van der Waals surface area (Å²) >= 11 is 0. The second-order valence-corrected chi connectivity index (χ2v) is 7.62. The summed E-state index contributed by atoms with van der Waals surface area (Å²) < 4.78 is 5.99. The van der Waals surface area contributed by atoms with E-state index < -0.39 is 5.97 Å². The quantitative estimate of drug-likeness (QED) is 0.838. The van der Waals surface area contributed by atoms with Crippen LogP contribution in [-0.4, -0.2) is 34.2 Å². The van der Waals surface area contributed by atoms with Gasteiger partial charge < -0.3 is 15.2 Å². The van der Waals surface area contributed by atoms with Crippen LogP contribution in [0.1, 0.15) is 59.8 Å². The molecule has 1 atom stereocenters. The van der Waals surface area contributed by atoms with Crippen molar-refractivity contribution in [2.75, 3.05) is 0 Å². The zero-order valence-corrected chi connectivity index (χ0v) is 13.4. The lowest BCUT2D eigenvalue weighted by atomic mass is 9.81. The molecular weight excluding hydrogens is 270 g/mol. The van der Waals surface area contributed by atoms with E-state index in [1.165, 1.54) is 0 Å². The van der Waals surface area contributed by atoms with Crippen molar-refractivity contribution in [3.63, 3.8) is 0 Å². The van der Waals surface area contributed by atoms with Gasteiger partial charge in [0.1, 0.15) is 0 Å². The molecule has 0 aromatic carbocycles. The van der Waals surface area contributed by atoms with Crippen molar-refractivity contribution in [1.29, 1.82) is 0 Å². The maximum absolute atomic E-state index is 12.4. The summed E-state index contributed by atoms with van der Waals surface area (Å²) in [5, 5.41) is 12.1. The lowest BCUT2D eigenvalue weighted by Gasteiger charge is -2.30. The van der Waals surface area contributed by atoms with Crippen molar-refractivity contribution < 1.29 is 19.4 Å². The second kappa shape index (κ2) is 5.59. The molecule has 2 rings (SSSR count). The van der Waals surface area contributed by atoms with Crippen molar-refractivity contribution in [2.45, 2.75) is 77.0 Å². The Bertz CT molecular complexity index is 422. The summed E-state index contributed by atoms with van der Waals surface area (Å²) in [4.78, 5) is 23.4. The Balaban J connectivity index is 1.90. The van der Waals surface area contributed by atoms with Crippen molar-refractivity contribution in [1.82, 2.24) is 5.32 Å². The van der Waals surface area contributed by atoms with E-state index in [2.05, 4.69) is 5.32 Å². The van der Waals surface area contributed by atoms with E-state index in [0.717, 1.165) is 6.42 Å². The standard InChI is InChI=1S/C16H27NO4/c1-15(2)9-12(16(3,4)21-15)17-13(18)10-5-7-11(8-6-10)14(19)20/h10-12H,5-9H2,1-4H3,(H,17,18)(H,19,20). The smallest absolute Gasteiger partial charge is 0.306 e. The number of aliphatic carboxylic acids is 1. The highest BCUT2D eigenvalue weighted by Crippen LogP contribution is 2.38. The Labute approximate surface area is 126 Å². The number of amides is 1. The molecule has 0 spiro atoms. The minimum atomic E-state index is -0.735. The summed E-state index contributed by atoms with van der Waals surface area (Å²) in [5.74, 6) is -1.02. The number of carboxylic acid groups (broad SMARTS) is 1. The van der Waals surface area contributed by atoms with Gasteiger partial charge in [-0.2, -0.15) is 0 Å². The van der Waals surface area contributed by atoms with E-state index in [9.17, 15) is 9.59 Å². The first-order chi connectivity index (χ1) is 9.61. The molecule has 1 heterocycles. The number of ether oxygens (including phenoxy) is 1. The fourth-order valence-corrected chi connectivity index (χ4v) is 3.68. The van der Waals surface area contributed by atoms with Crippen LogP contribution in [-0.2, 0) is 14.3 Å². The maximum Gasteiger partial charge on any atom is 0.306 e. The number of carboxylic acids is 1. The summed E-state index contributed by atoms with van der Waals surface area (Å²) in [6, 6.07) is 0.0113. The highest BCUT2D eigenvalue weighted by atomic mass is 16.5. The van der Waals surface area contributed by atoms with Crippen LogP contribution in [0.4, 0.5) is 0 Å². The number of carbonyl (C=O) groups excluding carboxylic acids is 1. The molecule has 1 aliphatic heterocycles. The van der Waals surface area contributed by atoms with E-state index in [4.69, 9.17) is 9.84 Å². The monoisotopic (exact) mass is 297 g/mol. The Morgan fingerprint density at radius 2 is 1.57 bits per heavy atom. The molecule has 0 aromatic heterocycles. The summed E-state index contributed by atoms with van der Waals surface area (Å²) in [6.07, 6.45) is 3.34. The highest BCUT2D eigenvalue weighted by Gasteiger charge is 2.47. The lowest BCUT2D eigenvalue weighted by molar-refractivity contribution is -0.144. The third-order valence-electron chi connectivity index (χ3n) is 4.84. The Morgan fingerprint density at radius 3 is 2.00 bits per heavy atom. The number of nitrogens with one attached hydrogen (secondary N) is 1. The van der Waals surface area contributed by atoms with E-state index in [1.807, 2.05) is 27.7 Å². The second-order valence-electron chi connectivity index (χ2n) is 7.62. The normalized spacial score (nSPS) is 34.4. The average Bonchev–Trinajstić information content (AvgIpc) is 2.57. The highest BCUT2D eigenvalue weighted by molar-refractivity contribution is 5.79. The van der Waals surface area contributed by atoms with Gasteiger partial charge in [0.05, 0.1) is 23.2 Å². The SMILES string of the molecule is CC1(C)CC(NC(=O)C2CCC(C(=O)O)CC2)C(C)(C)O1. The molecular formula is C16H27NO4. The van der Waals surface area contributed by atoms with Crippen LogP contribution in [0, 0.1) is 11.8 Å². The largest absolute Gasteiger partial charge is 0.481 e. The first-order valence-electron chi connectivity index (χ1n) is 7.84. The molecule has 1 amide bonds. The van der Waals surface area contributed by atoms with Gasteiger partial charge in [0, 0.05) is 5.92 Å². The molecule has 0 radical (unpaired) electrons. The van der Waals surface area contributed by atoms with Gasteiger partial charge in [-0.25, -0.2) is 0 Å². The van der Waals surface area contributed by atoms with Crippen LogP contribution in [0.2, 0.25) is 0 Å². The molecule has 2 fully saturated rings. The van der Waals surface area contributed by atoms with Crippen molar-refractivity contribution in [3.8, 4) is 0 Å². The van der Waals surface area contributed by atoms with Crippen LogP contribution in [0.5, 0.6) is 0 Å². The van der Waals surface area contributed by atoms with Crippen LogP contribution in [0.3, 0.4) is 0 Å². The molecule has 2 N–H and O–H groups in total. The van der Waals surface area contributed by atoms with E-state index in [-0.39, 0.29) is 35.0 Å². The summed E-state index contributed by atoms with van der Waals surface area (Å²) in [7, 11) is 0.